The van der Waals surface area contributed by atoms with Crippen molar-refractivity contribution in [3.63, 3.8) is 0 Å². The molecule has 3 N–H and O–H groups in total. The number of carbonyl (C=O) groups is 4. The number of halogens is 9. The summed E-state index contributed by atoms with van der Waals surface area (Å²) in [6.07, 6.45) is 4.65. The third-order valence-corrected chi connectivity index (χ3v) is 26.5. The van der Waals surface area contributed by atoms with Gasteiger partial charge in [-0.2, -0.15) is 28.1 Å². The van der Waals surface area contributed by atoms with Crippen LogP contribution in [0.5, 0.6) is 0 Å². The Hall–Kier alpha value is -13.7. The number of anilines is 7. The van der Waals surface area contributed by atoms with E-state index in [0.29, 0.717) is 100 Å². The van der Waals surface area contributed by atoms with Crippen LogP contribution in [-0.4, -0.2) is 221 Å². The molecule has 139 heavy (non-hydrogen) atoms. The molecule has 3 aromatic carbocycles. The van der Waals surface area contributed by atoms with Gasteiger partial charge in [-0.1, -0.05) is 120 Å². The first kappa shape index (κ1) is 103. The number of nitrogens with zero attached hydrogens (tertiary/aromatic N) is 20. The molecule has 41 heteroatoms. The molecular weight excluding hydrogens is 1880 g/mol. The number of rotatable bonds is 19. The molecular formula is C98H105Cl3F6N22O9S. The van der Waals surface area contributed by atoms with E-state index >= 15 is 4.39 Å². The van der Waals surface area contributed by atoms with Gasteiger partial charge in [-0.3, -0.25) is 34.1 Å². The van der Waals surface area contributed by atoms with Crippen LogP contribution < -0.4 is 52.6 Å². The number of alkyl halides is 3. The summed E-state index contributed by atoms with van der Waals surface area (Å²) in [6.45, 7) is 37.9. The van der Waals surface area contributed by atoms with Gasteiger partial charge in [0.15, 0.2) is 26.8 Å². The summed E-state index contributed by atoms with van der Waals surface area (Å²) in [5.74, 6) is -5.20. The molecule has 3 aliphatic heterocycles. The van der Waals surface area contributed by atoms with E-state index in [0.717, 1.165) is 41.8 Å². The first-order chi connectivity index (χ1) is 65.4. The average Bonchev–Trinajstić information content (AvgIpc) is 0.737. The van der Waals surface area contributed by atoms with Crippen molar-refractivity contribution < 1.29 is 53.9 Å². The number of fused-ring (bicyclic) bond motifs is 3. The fourth-order valence-electron chi connectivity index (χ4n) is 17.7. The highest BCUT2D eigenvalue weighted by molar-refractivity contribution is 7.90. The lowest BCUT2D eigenvalue weighted by Crippen LogP contribution is -2.58. The summed E-state index contributed by atoms with van der Waals surface area (Å²) in [4.78, 5) is 149. The van der Waals surface area contributed by atoms with Gasteiger partial charge in [-0.05, 0) is 151 Å². The van der Waals surface area contributed by atoms with Crippen molar-refractivity contribution in [3.05, 3.63) is 234 Å². The summed E-state index contributed by atoms with van der Waals surface area (Å²) < 4.78 is 114. The molecule has 3 aliphatic rings. The third-order valence-electron chi connectivity index (χ3n) is 24.5. The minimum Gasteiger partial charge on any atom is -0.396 e. The van der Waals surface area contributed by atoms with Gasteiger partial charge in [0, 0.05) is 146 Å². The topological polar surface area (TPSA) is 348 Å². The van der Waals surface area contributed by atoms with Gasteiger partial charge in [0.05, 0.1) is 116 Å². The van der Waals surface area contributed by atoms with Crippen LogP contribution >= 0.6 is 34.8 Å². The van der Waals surface area contributed by atoms with Gasteiger partial charge in [0.2, 0.25) is 17.7 Å². The normalized spacial score (nSPS) is 16.9. The number of sulfone groups is 1. The molecule has 0 spiro atoms. The van der Waals surface area contributed by atoms with Gasteiger partial charge in [-0.15, -0.1) is 0 Å². The number of aryl methyl sites for hydroxylation is 1. The van der Waals surface area contributed by atoms with Crippen molar-refractivity contribution in [3.8, 4) is 50.8 Å². The van der Waals surface area contributed by atoms with E-state index in [2.05, 4.69) is 49.6 Å². The zero-order valence-corrected chi connectivity index (χ0v) is 82.8. The summed E-state index contributed by atoms with van der Waals surface area (Å²) in [6, 6.07) is 19.9. The summed E-state index contributed by atoms with van der Waals surface area (Å²) in [7, 11) is 3.65. The highest BCUT2D eigenvalue weighted by Gasteiger charge is 2.42. The fraction of sp³-hybridized carbons (Fsp3) is 0.347. The molecule has 0 radical (unpaired) electrons. The second kappa shape index (κ2) is 40.8. The van der Waals surface area contributed by atoms with E-state index in [-0.39, 0.29) is 161 Å². The number of hydrogen-bond donors (Lipinski definition) is 2. The van der Waals surface area contributed by atoms with E-state index in [9.17, 15) is 63.9 Å². The first-order valence-electron chi connectivity index (χ1n) is 44.4. The molecule has 6 unspecified atom stereocenters. The standard InChI is InChI=1S/C34H35ClF4N8O3.C33H38ClN7O4S.C31H32ClF2N7O2/c1-8-25(48)45-15-19(5)46(16-18(45)4)30-20-14-21(35)28(26-22(36)10-9-11-23(26)41-32(49)34(37,38)39)42-31(20)47(33(50)43-30)29-24(44(6)7)12-13-40-27(29)17(2)3;1-9-27(42)39-17-21(5)40(18-20(39)4)31-23-16-24(34)29(22-12-10-11-13-26(22)46(8,44)45)36-32(23)41(33(43)37-31)30-25(38(6)7)14-15-35-28(30)19(2)3;1-7-24(42)39-13-18(6)40(14-17(39)5)29-21-12-22(32)27(20-10-19(33)11-23(34)25(20)35)37-30(21)41(31(43)38-29)28-16(4)8-9-36-26(28)15(2)3/h8-14,17-19H,1,15-16H2,2-7H3,(H,41,49);9-16,19-21H,1,17-18H2,2-8H3;7-12,15,17-18H,1,13-14,35H2,2-6H3. The Morgan fingerprint density at radius 2 is 0.856 bits per heavy atom. The monoisotopic (exact) mass is 1980 g/mol. The van der Waals surface area contributed by atoms with Crippen LogP contribution in [-0.2, 0) is 29.0 Å². The fourth-order valence-corrected chi connectivity index (χ4v) is 19.4. The Morgan fingerprint density at radius 1 is 0.489 bits per heavy atom. The van der Waals surface area contributed by atoms with E-state index in [1.54, 1.807) is 100 Å². The van der Waals surface area contributed by atoms with E-state index in [1.807, 2.05) is 130 Å². The summed E-state index contributed by atoms with van der Waals surface area (Å²) in [5, 5.41) is 2.98. The van der Waals surface area contributed by atoms with Crippen LogP contribution in [0.2, 0.25) is 15.1 Å². The number of nitrogens with two attached hydrogens (primary N) is 1. The zero-order valence-electron chi connectivity index (χ0n) is 79.7. The Morgan fingerprint density at radius 3 is 1.24 bits per heavy atom. The molecule has 15 rings (SSSR count). The molecule has 9 aromatic heterocycles. The number of nitrogens with one attached hydrogen (secondary N) is 1. The quantitative estimate of drug-likeness (QED) is 0.0431. The van der Waals surface area contributed by atoms with Gasteiger partial charge >= 0.3 is 29.2 Å². The minimum absolute atomic E-state index is 0.00539. The largest absolute Gasteiger partial charge is 0.471 e. The maximum absolute atomic E-state index is 15.6. The van der Waals surface area contributed by atoms with Crippen LogP contribution in [0.3, 0.4) is 0 Å². The molecule has 3 saturated heterocycles. The predicted molar refractivity (Wildman–Crippen MR) is 532 cm³/mol. The van der Waals surface area contributed by atoms with E-state index in [4.69, 9.17) is 55.5 Å². The number of piperazine rings is 3. The molecule has 0 saturated carbocycles. The number of pyridine rings is 6. The van der Waals surface area contributed by atoms with Crippen molar-refractivity contribution in [2.75, 3.05) is 109 Å². The average molecular weight is 1990 g/mol. The highest BCUT2D eigenvalue weighted by Crippen LogP contribution is 2.45. The number of benzene rings is 3. The predicted octanol–water partition coefficient (Wildman–Crippen LogP) is 16.0. The van der Waals surface area contributed by atoms with Crippen LogP contribution in [0.15, 0.2) is 167 Å². The molecule has 4 amide bonds. The van der Waals surface area contributed by atoms with Crippen LogP contribution in [0.1, 0.15) is 123 Å². The Balaban J connectivity index is 0.000000176. The third kappa shape index (κ3) is 20.2. The Kier molecular flexibility index (Phi) is 30.1. The second-order valence-corrected chi connectivity index (χ2v) is 39.0. The van der Waals surface area contributed by atoms with Crippen molar-refractivity contribution >= 4 is 142 Å². The van der Waals surface area contributed by atoms with Crippen molar-refractivity contribution in [1.29, 1.82) is 0 Å². The molecule has 12 heterocycles. The van der Waals surface area contributed by atoms with Gasteiger partial charge in [-0.25, -0.2) is 64.6 Å². The van der Waals surface area contributed by atoms with Crippen LogP contribution in [0.4, 0.5) is 66.5 Å². The molecule has 31 nitrogen and oxygen atoms in total. The van der Waals surface area contributed by atoms with Crippen LogP contribution in [0, 0.1) is 24.4 Å². The van der Waals surface area contributed by atoms with E-state index in [1.165, 1.54) is 44.1 Å². The van der Waals surface area contributed by atoms with Gasteiger partial charge in [0.1, 0.15) is 34.9 Å². The summed E-state index contributed by atoms with van der Waals surface area (Å²) in [5.41, 5.74) is 8.43. The van der Waals surface area contributed by atoms with Crippen molar-refractivity contribution in [2.45, 2.75) is 155 Å². The number of hydrogen-bond acceptors (Lipinski definition) is 24. The smallest absolute Gasteiger partial charge is 0.396 e. The number of amides is 4. The summed E-state index contributed by atoms with van der Waals surface area (Å²) >= 11 is 20.5. The lowest BCUT2D eigenvalue weighted by Gasteiger charge is -2.44. The zero-order chi connectivity index (χ0) is 102. The molecule has 0 bridgehead atoms. The number of nitrogen functional groups attached to an aromatic ring is 1. The Labute approximate surface area is 813 Å². The maximum atomic E-state index is 15.6. The molecule has 3 fully saturated rings. The maximum Gasteiger partial charge on any atom is 0.471 e. The Bertz CT molecular complexity index is 7230. The molecule has 730 valence electrons. The van der Waals surface area contributed by atoms with Gasteiger partial charge < -0.3 is 50.2 Å². The van der Waals surface area contributed by atoms with Crippen LogP contribution in [0.25, 0.3) is 83.9 Å². The second-order valence-electron chi connectivity index (χ2n) is 35.8. The first-order valence-corrected chi connectivity index (χ1v) is 47.5. The number of carbonyl (C=O) groups excluding carboxylic acids is 4. The number of aromatic nitrogens is 12. The lowest BCUT2D eigenvalue weighted by molar-refractivity contribution is -0.167. The lowest BCUT2D eigenvalue weighted by atomic mass is 10.0. The van der Waals surface area contributed by atoms with E-state index < -0.39 is 67.7 Å². The molecule has 0 aliphatic carbocycles. The minimum atomic E-state index is -5.27. The highest BCUT2D eigenvalue weighted by atomic mass is 35.5. The van der Waals surface area contributed by atoms with Gasteiger partial charge in [0.25, 0.3) is 0 Å². The molecule has 6 atom stereocenters. The SMILES string of the molecule is C=CC(=O)N1CC(C)N(c2nc(=O)n(-c3c(C)ccnc3C(C)C)c3nc(-c4cc(F)cc(F)c4N)c(Cl)cc23)CC1C.C=CC(=O)N1CC(C)N(c2nc(=O)n(-c3c(N(C)C)ccnc3C(C)C)c3nc(-c4c(F)cccc4NC(=O)C(F)(F)F)c(Cl)cc23)CC1C.C=CC(=O)N1CC(C)N(c2nc(=O)n(-c3c(N(C)C)ccnc3C(C)C)c3nc(-c4ccccc4S(C)(=O)=O)c(Cl)cc23)CC1C. The van der Waals surface area contributed by atoms with Crippen molar-refractivity contribution in [1.82, 2.24) is 73.3 Å². The van der Waals surface area contributed by atoms with Crippen molar-refractivity contribution in [2.24, 2.45) is 0 Å². The molecule has 12 aromatic rings.